The van der Waals surface area contributed by atoms with Crippen molar-refractivity contribution in [1.82, 2.24) is 0 Å². The van der Waals surface area contributed by atoms with Crippen LogP contribution in [0.3, 0.4) is 0 Å². The second-order valence-electron chi connectivity index (χ2n) is 3.99. The zero-order valence-corrected chi connectivity index (χ0v) is 11.6. The molecule has 0 saturated carbocycles. The first-order valence-electron chi connectivity index (χ1n) is 5.69. The lowest BCUT2D eigenvalue weighted by Gasteiger charge is -2.31. The first-order valence-corrected chi connectivity index (χ1v) is 6.07. The van der Waals surface area contributed by atoms with Crippen LogP contribution in [0.1, 0.15) is 13.3 Å². The molecule has 0 aliphatic carbocycles. The Balaban J connectivity index is 2.96. The number of halogens is 1. The lowest BCUT2D eigenvalue weighted by Crippen LogP contribution is -2.50. The molecule has 4 nitrogen and oxygen atoms in total. The molecule has 1 N–H and O–H groups in total. The van der Waals surface area contributed by atoms with Gasteiger partial charge in [0.05, 0.1) is 13.7 Å². The van der Waals surface area contributed by atoms with Crippen LogP contribution in [-0.4, -0.2) is 32.3 Å². The summed E-state index contributed by atoms with van der Waals surface area (Å²) in [5, 5.41) is 3.81. The molecule has 1 rings (SSSR count). The highest BCUT2D eigenvalue weighted by atomic mass is 35.5. The maximum absolute atomic E-state index is 11.9. The van der Waals surface area contributed by atoms with Gasteiger partial charge in [-0.2, -0.15) is 0 Å². The first kappa shape index (κ1) is 14.8. The number of methoxy groups -OCH3 is 2. The molecule has 1 aromatic carbocycles. The number of rotatable bonds is 6. The van der Waals surface area contributed by atoms with E-state index in [1.165, 1.54) is 7.11 Å². The van der Waals surface area contributed by atoms with E-state index < -0.39 is 5.54 Å². The average molecular weight is 272 g/mol. The molecular formula is C13H18ClNO3. The number of anilines is 1. The van der Waals surface area contributed by atoms with Crippen molar-refractivity contribution >= 4 is 23.3 Å². The van der Waals surface area contributed by atoms with Crippen LogP contribution in [0.5, 0.6) is 0 Å². The lowest BCUT2D eigenvalue weighted by molar-refractivity contribution is -0.148. The molecule has 0 aliphatic rings. The molecule has 0 heterocycles. The van der Waals surface area contributed by atoms with E-state index in [0.29, 0.717) is 11.4 Å². The van der Waals surface area contributed by atoms with Crippen molar-refractivity contribution in [3.63, 3.8) is 0 Å². The smallest absolute Gasteiger partial charge is 0.333 e. The van der Waals surface area contributed by atoms with Crippen molar-refractivity contribution in [2.45, 2.75) is 18.9 Å². The molecule has 0 amide bonds. The average Bonchev–Trinajstić information content (AvgIpc) is 2.39. The summed E-state index contributed by atoms with van der Waals surface area (Å²) >= 11 is 5.82. The summed E-state index contributed by atoms with van der Waals surface area (Å²) in [7, 11) is 2.92. The second-order valence-corrected chi connectivity index (χ2v) is 4.43. The van der Waals surface area contributed by atoms with Crippen LogP contribution in [0.25, 0.3) is 0 Å². The fourth-order valence-corrected chi connectivity index (χ4v) is 1.86. The number of hydrogen-bond donors (Lipinski definition) is 1. The normalized spacial score (nSPS) is 13.8. The van der Waals surface area contributed by atoms with Gasteiger partial charge in [0.25, 0.3) is 0 Å². The van der Waals surface area contributed by atoms with Gasteiger partial charge >= 0.3 is 5.97 Å². The predicted molar refractivity (Wildman–Crippen MR) is 72.0 cm³/mol. The summed E-state index contributed by atoms with van der Waals surface area (Å²) in [5.41, 5.74) is -0.0826. The Hall–Kier alpha value is -1.26. The molecule has 0 fully saturated rings. The lowest BCUT2D eigenvalue weighted by atomic mass is 9.96. The summed E-state index contributed by atoms with van der Waals surface area (Å²) in [6.07, 6.45) is 0.552. The molecule has 0 radical (unpaired) electrons. The van der Waals surface area contributed by atoms with Crippen molar-refractivity contribution in [3.8, 4) is 0 Å². The Bertz CT molecular complexity index is 394. The Morgan fingerprint density at radius 2 is 1.94 bits per heavy atom. The van der Waals surface area contributed by atoms with Gasteiger partial charge in [0.15, 0.2) is 5.54 Å². The molecular weight excluding hydrogens is 254 g/mol. The monoisotopic (exact) mass is 271 g/mol. The fraction of sp³-hybridized carbons (Fsp3) is 0.462. The van der Waals surface area contributed by atoms with Gasteiger partial charge in [-0.25, -0.2) is 4.79 Å². The molecule has 1 atom stereocenters. The molecule has 18 heavy (non-hydrogen) atoms. The molecule has 0 aliphatic heterocycles. The van der Waals surface area contributed by atoms with Crippen molar-refractivity contribution in [2.24, 2.45) is 0 Å². The van der Waals surface area contributed by atoms with Crippen LogP contribution in [-0.2, 0) is 14.3 Å². The van der Waals surface area contributed by atoms with Gasteiger partial charge in [0.2, 0.25) is 0 Å². The highest BCUT2D eigenvalue weighted by molar-refractivity contribution is 6.30. The number of hydrogen-bond acceptors (Lipinski definition) is 4. The van der Waals surface area contributed by atoms with E-state index in [2.05, 4.69) is 5.32 Å². The molecule has 100 valence electrons. The van der Waals surface area contributed by atoms with E-state index >= 15 is 0 Å². The number of ether oxygens (including phenoxy) is 2. The maximum Gasteiger partial charge on any atom is 0.333 e. The molecule has 1 unspecified atom stereocenters. The van der Waals surface area contributed by atoms with Gasteiger partial charge in [-0.05, 0) is 30.7 Å². The van der Waals surface area contributed by atoms with E-state index in [1.54, 1.807) is 19.2 Å². The van der Waals surface area contributed by atoms with Gasteiger partial charge in [-0.1, -0.05) is 18.5 Å². The van der Waals surface area contributed by atoms with Crippen molar-refractivity contribution in [2.75, 3.05) is 26.1 Å². The summed E-state index contributed by atoms with van der Waals surface area (Å²) in [6.45, 7) is 2.14. The van der Waals surface area contributed by atoms with Gasteiger partial charge in [-0.3, -0.25) is 0 Å². The van der Waals surface area contributed by atoms with Crippen LogP contribution in [0.15, 0.2) is 24.3 Å². The Labute approximate surface area is 112 Å². The Morgan fingerprint density at radius 1 is 1.33 bits per heavy atom. The van der Waals surface area contributed by atoms with Crippen LogP contribution in [0.4, 0.5) is 5.69 Å². The molecule has 1 aromatic rings. The molecule has 5 heteroatoms. The van der Waals surface area contributed by atoms with Crippen LogP contribution in [0, 0.1) is 0 Å². The minimum atomic E-state index is -0.878. The van der Waals surface area contributed by atoms with Crippen LogP contribution in [0.2, 0.25) is 5.02 Å². The molecule has 0 saturated heterocycles. The van der Waals surface area contributed by atoms with Crippen LogP contribution >= 0.6 is 11.6 Å². The number of esters is 1. The third-order valence-corrected chi connectivity index (χ3v) is 3.05. The number of nitrogens with one attached hydrogen (secondary N) is 1. The predicted octanol–water partition coefficient (Wildman–Crippen LogP) is 2.72. The minimum Gasteiger partial charge on any atom is -0.467 e. The fourth-order valence-electron chi connectivity index (χ4n) is 1.73. The zero-order chi connectivity index (χ0) is 13.6. The number of benzene rings is 1. The number of carbonyl (C=O) groups is 1. The third-order valence-electron chi connectivity index (χ3n) is 2.80. The summed E-state index contributed by atoms with van der Waals surface area (Å²) in [5.74, 6) is -0.346. The van der Waals surface area contributed by atoms with Crippen molar-refractivity contribution in [1.29, 1.82) is 0 Å². The van der Waals surface area contributed by atoms with E-state index in [-0.39, 0.29) is 12.6 Å². The molecule has 0 aromatic heterocycles. The zero-order valence-electron chi connectivity index (χ0n) is 10.8. The third kappa shape index (κ3) is 3.37. The van der Waals surface area contributed by atoms with E-state index in [1.807, 2.05) is 19.1 Å². The van der Waals surface area contributed by atoms with Gasteiger partial charge in [0.1, 0.15) is 0 Å². The van der Waals surface area contributed by atoms with Crippen molar-refractivity contribution in [3.05, 3.63) is 29.3 Å². The standard InChI is InChI=1S/C13H18ClNO3/c1-4-13(9-17-2,12(16)18-3)15-11-7-5-10(14)6-8-11/h5-8,15H,4,9H2,1-3H3. The highest BCUT2D eigenvalue weighted by Crippen LogP contribution is 2.22. The van der Waals surface area contributed by atoms with E-state index in [0.717, 1.165) is 5.69 Å². The van der Waals surface area contributed by atoms with Gasteiger partial charge < -0.3 is 14.8 Å². The summed E-state index contributed by atoms with van der Waals surface area (Å²) in [6, 6.07) is 7.14. The topological polar surface area (TPSA) is 47.6 Å². The Morgan fingerprint density at radius 3 is 2.39 bits per heavy atom. The maximum atomic E-state index is 11.9. The quantitative estimate of drug-likeness (QED) is 0.808. The first-order chi connectivity index (χ1) is 8.57. The van der Waals surface area contributed by atoms with Gasteiger partial charge in [-0.15, -0.1) is 0 Å². The van der Waals surface area contributed by atoms with Crippen LogP contribution < -0.4 is 5.32 Å². The van der Waals surface area contributed by atoms with E-state index in [9.17, 15) is 4.79 Å². The highest BCUT2D eigenvalue weighted by Gasteiger charge is 2.38. The van der Waals surface area contributed by atoms with E-state index in [4.69, 9.17) is 21.1 Å². The SMILES string of the molecule is CCC(COC)(Nc1ccc(Cl)cc1)C(=O)OC. The molecule has 0 spiro atoms. The van der Waals surface area contributed by atoms with Crippen molar-refractivity contribution < 1.29 is 14.3 Å². The molecule has 0 bridgehead atoms. The Kier molecular flexibility index (Phi) is 5.44. The summed E-state index contributed by atoms with van der Waals surface area (Å²) < 4.78 is 9.98. The van der Waals surface area contributed by atoms with Gasteiger partial charge in [0, 0.05) is 17.8 Å². The second kappa shape index (κ2) is 6.61. The summed E-state index contributed by atoms with van der Waals surface area (Å²) in [4.78, 5) is 11.9. The number of carbonyl (C=O) groups excluding carboxylic acids is 1. The largest absolute Gasteiger partial charge is 0.467 e. The minimum absolute atomic E-state index is 0.235.